The first-order valence-electron chi connectivity index (χ1n) is 15.9. The van der Waals surface area contributed by atoms with Crippen LogP contribution < -0.4 is 0 Å². The molecule has 4 rings (SSSR count). The van der Waals surface area contributed by atoms with Crippen LogP contribution in [0.4, 0.5) is 0 Å². The Morgan fingerprint density at radius 2 is 1.11 bits per heavy atom. The zero-order valence-corrected chi connectivity index (χ0v) is 26.9. The second kappa shape index (κ2) is 10.3. The number of rotatable bonds is 7. The van der Waals surface area contributed by atoms with Crippen molar-refractivity contribution in [3.05, 3.63) is 0 Å². The standard InChI is InChI=1S/C33H64N4/c1-29(2,3)36-18-12-27(13-19-36)35-22-26(23-35)31(7,8)14-15-32(9,10)33(11)16-20-34(21-17-33)28-24-37(25-28)30(4,5)6/h26-28H,12-25H2,1-11H3. The van der Waals surface area contributed by atoms with Gasteiger partial charge in [-0.25, -0.2) is 0 Å². The van der Waals surface area contributed by atoms with Crippen molar-refractivity contribution in [2.75, 3.05) is 52.4 Å². The number of nitrogens with zero attached hydrogens (tertiary/aromatic N) is 4. The Balaban J connectivity index is 1.20. The molecule has 4 aliphatic rings. The molecule has 0 unspecified atom stereocenters. The van der Waals surface area contributed by atoms with Crippen LogP contribution in [0.2, 0.25) is 0 Å². The molecule has 4 fully saturated rings. The zero-order chi connectivity index (χ0) is 27.4. The Kier molecular flexibility index (Phi) is 8.34. The minimum Gasteiger partial charge on any atom is -0.300 e. The maximum absolute atomic E-state index is 2.83. The van der Waals surface area contributed by atoms with Crippen molar-refractivity contribution >= 4 is 0 Å². The van der Waals surface area contributed by atoms with Crippen molar-refractivity contribution in [2.24, 2.45) is 22.2 Å². The first-order valence-corrected chi connectivity index (χ1v) is 15.9. The molecule has 216 valence electrons. The van der Waals surface area contributed by atoms with E-state index in [0.717, 1.165) is 18.0 Å². The molecule has 0 aromatic rings. The van der Waals surface area contributed by atoms with Crippen LogP contribution in [0.5, 0.6) is 0 Å². The van der Waals surface area contributed by atoms with E-state index < -0.39 is 0 Å². The third kappa shape index (κ3) is 6.44. The van der Waals surface area contributed by atoms with Gasteiger partial charge in [-0.3, -0.25) is 19.6 Å². The highest BCUT2D eigenvalue weighted by Gasteiger charge is 2.48. The summed E-state index contributed by atoms with van der Waals surface area (Å²) in [5.74, 6) is 0.878. The van der Waals surface area contributed by atoms with Crippen LogP contribution in [0.25, 0.3) is 0 Å². The van der Waals surface area contributed by atoms with Gasteiger partial charge < -0.3 is 0 Å². The van der Waals surface area contributed by atoms with E-state index in [1.807, 2.05) is 0 Å². The van der Waals surface area contributed by atoms with Gasteiger partial charge in [0.15, 0.2) is 0 Å². The summed E-state index contributed by atoms with van der Waals surface area (Å²) in [6.07, 6.45) is 8.22. The Morgan fingerprint density at radius 1 is 0.595 bits per heavy atom. The number of hydrogen-bond donors (Lipinski definition) is 0. The zero-order valence-electron chi connectivity index (χ0n) is 26.9. The Bertz CT molecular complexity index is 744. The Hall–Kier alpha value is -0.160. The van der Waals surface area contributed by atoms with Crippen molar-refractivity contribution in [3.8, 4) is 0 Å². The summed E-state index contributed by atoms with van der Waals surface area (Å²) in [5, 5.41) is 0. The monoisotopic (exact) mass is 517 g/mol. The Morgan fingerprint density at radius 3 is 1.59 bits per heavy atom. The van der Waals surface area contributed by atoms with E-state index in [4.69, 9.17) is 0 Å². The van der Waals surface area contributed by atoms with Crippen LogP contribution in [0, 0.1) is 22.2 Å². The van der Waals surface area contributed by atoms with Crippen LogP contribution in [-0.2, 0) is 0 Å². The van der Waals surface area contributed by atoms with Crippen molar-refractivity contribution in [3.63, 3.8) is 0 Å². The molecule has 0 amide bonds. The molecule has 0 atom stereocenters. The first kappa shape index (κ1) is 29.8. The fourth-order valence-electron chi connectivity index (χ4n) is 7.64. The van der Waals surface area contributed by atoms with E-state index in [1.165, 1.54) is 90.9 Å². The highest BCUT2D eigenvalue weighted by Crippen LogP contribution is 2.52. The SMILES string of the molecule is CC(C)(CCC(C)(C)C1(C)CCN(C2CN(C(C)(C)C)C2)CC1)C1CN(C2CCN(C(C)(C)C)CC2)C1. The highest BCUT2D eigenvalue weighted by atomic mass is 15.3. The van der Waals surface area contributed by atoms with Crippen molar-refractivity contribution in [2.45, 2.75) is 138 Å². The molecule has 4 heterocycles. The van der Waals surface area contributed by atoms with Gasteiger partial charge in [-0.2, -0.15) is 0 Å². The van der Waals surface area contributed by atoms with Gasteiger partial charge in [0.1, 0.15) is 0 Å². The molecular formula is C33H64N4. The molecule has 0 radical (unpaired) electrons. The average molecular weight is 517 g/mol. The summed E-state index contributed by atoms with van der Waals surface area (Å²) in [6, 6.07) is 1.63. The highest BCUT2D eigenvalue weighted by molar-refractivity contribution is 5.01. The molecule has 0 bridgehead atoms. The van der Waals surface area contributed by atoms with E-state index in [-0.39, 0.29) is 0 Å². The minimum absolute atomic E-state index is 0.329. The number of likely N-dealkylation sites (tertiary alicyclic amines) is 4. The predicted octanol–water partition coefficient (Wildman–Crippen LogP) is 6.60. The summed E-state index contributed by atoms with van der Waals surface area (Å²) in [4.78, 5) is 11.0. The topological polar surface area (TPSA) is 13.0 Å². The summed E-state index contributed by atoms with van der Waals surface area (Å²) in [7, 11) is 0. The van der Waals surface area contributed by atoms with E-state index in [2.05, 4.69) is 95.8 Å². The number of piperidine rings is 2. The molecule has 37 heavy (non-hydrogen) atoms. The normalized spacial score (nSPS) is 27.3. The lowest BCUT2D eigenvalue weighted by Gasteiger charge is -2.56. The maximum atomic E-state index is 2.83. The average Bonchev–Trinajstić information content (AvgIpc) is 2.70. The molecule has 4 aliphatic heterocycles. The number of hydrogen-bond acceptors (Lipinski definition) is 4. The van der Waals surface area contributed by atoms with Crippen molar-refractivity contribution in [1.82, 2.24) is 19.6 Å². The predicted molar refractivity (Wildman–Crippen MR) is 160 cm³/mol. The first-order chi connectivity index (χ1) is 16.9. The van der Waals surface area contributed by atoms with Crippen LogP contribution in [0.15, 0.2) is 0 Å². The lowest BCUT2D eigenvalue weighted by Crippen LogP contribution is -2.66. The molecule has 4 saturated heterocycles. The van der Waals surface area contributed by atoms with E-state index in [9.17, 15) is 0 Å². The second-order valence-electron chi connectivity index (χ2n) is 17.2. The van der Waals surface area contributed by atoms with E-state index >= 15 is 0 Å². The van der Waals surface area contributed by atoms with E-state index in [0.29, 0.717) is 27.3 Å². The third-order valence-electron chi connectivity index (χ3n) is 12.2. The second-order valence-corrected chi connectivity index (χ2v) is 17.2. The maximum Gasteiger partial charge on any atom is 0.0350 e. The van der Waals surface area contributed by atoms with E-state index in [1.54, 1.807) is 0 Å². The molecule has 4 heteroatoms. The molecule has 0 spiro atoms. The lowest BCUT2D eigenvalue weighted by atomic mass is 9.58. The lowest BCUT2D eigenvalue weighted by molar-refractivity contribution is -0.0713. The van der Waals surface area contributed by atoms with Gasteiger partial charge in [0.25, 0.3) is 0 Å². The summed E-state index contributed by atoms with van der Waals surface area (Å²) < 4.78 is 0. The van der Waals surface area contributed by atoms with Crippen LogP contribution in [-0.4, -0.2) is 95.1 Å². The molecule has 0 aromatic carbocycles. The summed E-state index contributed by atoms with van der Waals surface area (Å²) in [6.45, 7) is 37.5. The quantitative estimate of drug-likeness (QED) is 0.378. The minimum atomic E-state index is 0.329. The molecule has 0 saturated carbocycles. The van der Waals surface area contributed by atoms with Crippen LogP contribution >= 0.6 is 0 Å². The van der Waals surface area contributed by atoms with Gasteiger partial charge in [-0.05, 0) is 115 Å². The summed E-state index contributed by atoms with van der Waals surface area (Å²) >= 11 is 0. The van der Waals surface area contributed by atoms with Gasteiger partial charge in [0.2, 0.25) is 0 Å². The van der Waals surface area contributed by atoms with Gasteiger partial charge >= 0.3 is 0 Å². The summed E-state index contributed by atoms with van der Waals surface area (Å²) in [5.41, 5.74) is 2.00. The molecule has 0 aromatic heterocycles. The Labute approximate surface area is 231 Å². The largest absolute Gasteiger partial charge is 0.300 e. The fourth-order valence-corrected chi connectivity index (χ4v) is 7.64. The van der Waals surface area contributed by atoms with Crippen molar-refractivity contribution in [1.29, 1.82) is 0 Å². The molecule has 4 nitrogen and oxygen atoms in total. The van der Waals surface area contributed by atoms with Crippen LogP contribution in [0.1, 0.15) is 115 Å². The van der Waals surface area contributed by atoms with Crippen LogP contribution in [0.3, 0.4) is 0 Å². The van der Waals surface area contributed by atoms with Gasteiger partial charge in [0.05, 0.1) is 0 Å². The molecule has 0 N–H and O–H groups in total. The third-order valence-corrected chi connectivity index (χ3v) is 12.2. The fraction of sp³-hybridized carbons (Fsp3) is 1.00. The molecule has 0 aliphatic carbocycles. The molecular weight excluding hydrogens is 452 g/mol. The van der Waals surface area contributed by atoms with Crippen molar-refractivity contribution < 1.29 is 0 Å². The van der Waals surface area contributed by atoms with Gasteiger partial charge in [0, 0.05) is 62.4 Å². The van der Waals surface area contributed by atoms with Gasteiger partial charge in [-0.1, -0.05) is 34.6 Å². The van der Waals surface area contributed by atoms with Gasteiger partial charge in [-0.15, -0.1) is 0 Å². The smallest absolute Gasteiger partial charge is 0.0350 e.